The number of nitrogens with one attached hydrogen (secondary N) is 2. The molecule has 31 heavy (non-hydrogen) atoms. The van der Waals surface area contributed by atoms with Crippen molar-refractivity contribution in [2.24, 2.45) is 17.8 Å². The predicted molar refractivity (Wildman–Crippen MR) is 118 cm³/mol. The third kappa shape index (κ3) is 7.55. The standard InChI is InChI=1S/C23H35FN4O3/c1-17(2)14-28-15-18(22(29)25-7-8-27-9-11-31-12-10-27)13-19(16-28)23(30)26-21-5-3-20(24)4-6-21/h3-6,17-19H,7-16H2,1-2H3,(H,25,29)(H,26,30)/t18-,19+/m0/s1. The van der Waals surface area contributed by atoms with Gasteiger partial charge < -0.3 is 20.3 Å². The van der Waals surface area contributed by atoms with E-state index in [0.29, 0.717) is 37.7 Å². The zero-order valence-corrected chi connectivity index (χ0v) is 18.6. The Kier molecular flexibility index (Phi) is 8.80. The van der Waals surface area contributed by atoms with Crippen LogP contribution in [0.5, 0.6) is 0 Å². The largest absolute Gasteiger partial charge is 0.379 e. The minimum atomic E-state index is -0.340. The van der Waals surface area contributed by atoms with Crippen LogP contribution in [-0.2, 0) is 14.3 Å². The number of piperidine rings is 1. The SMILES string of the molecule is CC(C)CN1C[C@@H](C(=O)NCCN2CCOCC2)C[C@@H](C(=O)Nc2ccc(F)cc2)C1. The molecule has 172 valence electrons. The van der Waals surface area contributed by atoms with Crippen LogP contribution in [0.4, 0.5) is 10.1 Å². The first kappa shape index (κ1) is 23.6. The summed E-state index contributed by atoms with van der Waals surface area (Å²) < 4.78 is 18.5. The molecule has 0 bridgehead atoms. The maximum atomic E-state index is 13.1. The number of ether oxygens (including phenoxy) is 1. The van der Waals surface area contributed by atoms with E-state index in [1.54, 1.807) is 12.1 Å². The smallest absolute Gasteiger partial charge is 0.228 e. The van der Waals surface area contributed by atoms with Gasteiger partial charge >= 0.3 is 0 Å². The second-order valence-corrected chi connectivity index (χ2v) is 8.98. The van der Waals surface area contributed by atoms with Gasteiger partial charge in [-0.05, 0) is 36.6 Å². The van der Waals surface area contributed by atoms with E-state index < -0.39 is 0 Å². The maximum absolute atomic E-state index is 13.1. The summed E-state index contributed by atoms with van der Waals surface area (Å²) in [4.78, 5) is 30.3. The Labute approximate surface area is 184 Å². The number of nitrogens with zero attached hydrogens (tertiary/aromatic N) is 2. The highest BCUT2D eigenvalue weighted by Crippen LogP contribution is 2.24. The van der Waals surface area contributed by atoms with E-state index in [0.717, 1.165) is 39.4 Å². The maximum Gasteiger partial charge on any atom is 0.228 e. The first-order chi connectivity index (χ1) is 14.9. The van der Waals surface area contributed by atoms with Crippen LogP contribution >= 0.6 is 0 Å². The molecule has 0 unspecified atom stereocenters. The van der Waals surface area contributed by atoms with Gasteiger partial charge in [0.2, 0.25) is 11.8 Å². The van der Waals surface area contributed by atoms with Gasteiger partial charge in [0.15, 0.2) is 0 Å². The fraction of sp³-hybridized carbons (Fsp3) is 0.652. The van der Waals surface area contributed by atoms with Gasteiger partial charge in [-0.2, -0.15) is 0 Å². The van der Waals surface area contributed by atoms with Gasteiger partial charge in [-0.15, -0.1) is 0 Å². The molecule has 2 amide bonds. The summed E-state index contributed by atoms with van der Waals surface area (Å²) in [5, 5.41) is 5.94. The summed E-state index contributed by atoms with van der Waals surface area (Å²) in [6.45, 7) is 11.1. The quantitative estimate of drug-likeness (QED) is 0.653. The highest BCUT2D eigenvalue weighted by atomic mass is 19.1. The molecule has 8 heteroatoms. The number of likely N-dealkylation sites (tertiary alicyclic amines) is 1. The predicted octanol–water partition coefficient (Wildman–Crippen LogP) is 1.81. The van der Waals surface area contributed by atoms with Gasteiger partial charge in [0.05, 0.1) is 25.0 Å². The topological polar surface area (TPSA) is 73.9 Å². The molecule has 0 radical (unpaired) electrons. The number of halogens is 1. The molecule has 2 aliphatic heterocycles. The number of carbonyl (C=O) groups excluding carboxylic acids is 2. The number of rotatable bonds is 8. The minimum Gasteiger partial charge on any atom is -0.379 e. The van der Waals surface area contributed by atoms with Crippen LogP contribution in [0.2, 0.25) is 0 Å². The van der Waals surface area contributed by atoms with Crippen molar-refractivity contribution in [3.63, 3.8) is 0 Å². The average Bonchev–Trinajstić information content (AvgIpc) is 2.75. The Morgan fingerprint density at radius 3 is 2.35 bits per heavy atom. The van der Waals surface area contributed by atoms with Crippen LogP contribution in [0.1, 0.15) is 20.3 Å². The van der Waals surface area contributed by atoms with E-state index in [9.17, 15) is 14.0 Å². The Bertz CT molecular complexity index is 722. The van der Waals surface area contributed by atoms with Crippen LogP contribution in [-0.4, -0.2) is 80.6 Å². The van der Waals surface area contributed by atoms with Crippen molar-refractivity contribution in [3.8, 4) is 0 Å². The highest BCUT2D eigenvalue weighted by molar-refractivity contribution is 5.93. The summed E-state index contributed by atoms with van der Waals surface area (Å²) in [7, 11) is 0. The number of carbonyl (C=O) groups is 2. The lowest BCUT2D eigenvalue weighted by atomic mass is 9.87. The van der Waals surface area contributed by atoms with Crippen molar-refractivity contribution in [2.45, 2.75) is 20.3 Å². The second-order valence-electron chi connectivity index (χ2n) is 8.98. The average molecular weight is 435 g/mol. The van der Waals surface area contributed by atoms with Crippen molar-refractivity contribution in [1.82, 2.24) is 15.1 Å². The molecule has 0 aliphatic carbocycles. The molecule has 2 fully saturated rings. The van der Waals surface area contributed by atoms with Crippen molar-refractivity contribution < 1.29 is 18.7 Å². The Morgan fingerprint density at radius 2 is 1.71 bits per heavy atom. The number of amides is 2. The van der Waals surface area contributed by atoms with Gasteiger partial charge in [0.1, 0.15) is 5.82 Å². The van der Waals surface area contributed by atoms with Crippen molar-refractivity contribution in [2.75, 3.05) is 64.3 Å². The van der Waals surface area contributed by atoms with Crippen LogP contribution in [0.25, 0.3) is 0 Å². The summed E-state index contributed by atoms with van der Waals surface area (Å²) in [6, 6.07) is 5.76. The highest BCUT2D eigenvalue weighted by Gasteiger charge is 2.35. The lowest BCUT2D eigenvalue weighted by Crippen LogP contribution is -2.50. The zero-order valence-electron chi connectivity index (χ0n) is 18.6. The molecule has 2 atom stereocenters. The van der Waals surface area contributed by atoms with Crippen molar-refractivity contribution in [1.29, 1.82) is 0 Å². The molecule has 2 heterocycles. The van der Waals surface area contributed by atoms with Gasteiger partial charge in [-0.25, -0.2) is 4.39 Å². The monoisotopic (exact) mass is 434 g/mol. The lowest BCUT2D eigenvalue weighted by molar-refractivity contribution is -0.130. The van der Waals surface area contributed by atoms with E-state index in [1.807, 2.05) is 0 Å². The number of morpholine rings is 1. The van der Waals surface area contributed by atoms with Gasteiger partial charge in [-0.1, -0.05) is 13.8 Å². The van der Waals surface area contributed by atoms with Gasteiger partial charge in [0.25, 0.3) is 0 Å². The second kappa shape index (κ2) is 11.5. The Morgan fingerprint density at radius 1 is 1.06 bits per heavy atom. The normalized spacial score (nSPS) is 23.0. The van der Waals surface area contributed by atoms with Crippen molar-refractivity contribution >= 4 is 17.5 Å². The van der Waals surface area contributed by atoms with E-state index in [2.05, 4.69) is 34.3 Å². The lowest BCUT2D eigenvalue weighted by Gasteiger charge is -2.37. The number of hydrogen-bond donors (Lipinski definition) is 2. The summed E-state index contributed by atoms with van der Waals surface area (Å²) in [6.07, 6.45) is 0.519. The number of anilines is 1. The molecule has 2 aliphatic rings. The molecule has 0 saturated carbocycles. The number of hydrogen-bond acceptors (Lipinski definition) is 5. The molecule has 0 aromatic heterocycles. The third-order valence-corrected chi connectivity index (χ3v) is 5.83. The van der Waals surface area contributed by atoms with Crippen LogP contribution in [0, 0.1) is 23.6 Å². The van der Waals surface area contributed by atoms with E-state index in [-0.39, 0.29) is 29.5 Å². The molecule has 2 N–H and O–H groups in total. The van der Waals surface area contributed by atoms with E-state index in [1.165, 1.54) is 12.1 Å². The zero-order chi connectivity index (χ0) is 22.2. The summed E-state index contributed by atoms with van der Waals surface area (Å²) in [5.74, 6) is -0.502. The first-order valence-electron chi connectivity index (χ1n) is 11.3. The van der Waals surface area contributed by atoms with Crippen LogP contribution in [0.3, 0.4) is 0 Å². The van der Waals surface area contributed by atoms with Crippen LogP contribution in [0.15, 0.2) is 24.3 Å². The van der Waals surface area contributed by atoms with Gasteiger partial charge in [-0.3, -0.25) is 14.5 Å². The fourth-order valence-electron chi connectivity index (χ4n) is 4.32. The summed E-state index contributed by atoms with van der Waals surface area (Å²) in [5.41, 5.74) is 0.568. The molecular weight excluding hydrogens is 399 g/mol. The van der Waals surface area contributed by atoms with Crippen molar-refractivity contribution in [3.05, 3.63) is 30.1 Å². The molecule has 3 rings (SSSR count). The Balaban J connectivity index is 1.56. The first-order valence-corrected chi connectivity index (χ1v) is 11.3. The fourth-order valence-corrected chi connectivity index (χ4v) is 4.32. The molecule has 7 nitrogen and oxygen atoms in total. The molecule has 0 spiro atoms. The molecule has 1 aromatic carbocycles. The summed E-state index contributed by atoms with van der Waals surface area (Å²) >= 11 is 0. The van der Waals surface area contributed by atoms with E-state index >= 15 is 0 Å². The molecular formula is C23H35FN4O3. The van der Waals surface area contributed by atoms with Gasteiger partial charge in [0, 0.05) is 51.5 Å². The van der Waals surface area contributed by atoms with E-state index in [4.69, 9.17) is 4.74 Å². The Hall–Kier alpha value is -2.03. The van der Waals surface area contributed by atoms with Crippen LogP contribution < -0.4 is 10.6 Å². The minimum absolute atomic E-state index is 0.0151. The number of benzene rings is 1. The third-order valence-electron chi connectivity index (χ3n) is 5.83. The molecule has 2 saturated heterocycles. The molecule has 1 aromatic rings.